The van der Waals surface area contributed by atoms with Crippen LogP contribution in [0.2, 0.25) is 0 Å². The second-order valence-corrected chi connectivity index (χ2v) is 9.77. The van der Waals surface area contributed by atoms with Crippen molar-refractivity contribution in [3.8, 4) is 0 Å². The van der Waals surface area contributed by atoms with Gasteiger partial charge >= 0.3 is 0 Å². The topological polar surface area (TPSA) is 69.7 Å². The molecule has 1 amide bonds. The van der Waals surface area contributed by atoms with Gasteiger partial charge in [0.2, 0.25) is 15.9 Å². The first kappa shape index (κ1) is 20.3. The van der Waals surface area contributed by atoms with Crippen LogP contribution in [-0.4, -0.2) is 56.8 Å². The van der Waals surface area contributed by atoms with E-state index in [-0.39, 0.29) is 5.91 Å². The van der Waals surface area contributed by atoms with Crippen LogP contribution in [0.5, 0.6) is 0 Å². The number of sulfonamides is 1. The van der Waals surface area contributed by atoms with Crippen LogP contribution in [0.4, 0.5) is 0 Å². The van der Waals surface area contributed by atoms with Crippen LogP contribution >= 0.6 is 0 Å². The number of carbonyl (C=O) groups is 1. The van der Waals surface area contributed by atoms with E-state index in [0.29, 0.717) is 36.9 Å². The Morgan fingerprint density at radius 1 is 1.04 bits per heavy atom. The van der Waals surface area contributed by atoms with Crippen LogP contribution in [0.15, 0.2) is 29.2 Å². The molecule has 1 heterocycles. The molecule has 0 spiro atoms. The molecule has 0 radical (unpaired) electrons. The van der Waals surface area contributed by atoms with Crippen LogP contribution in [0.3, 0.4) is 0 Å². The van der Waals surface area contributed by atoms with Crippen LogP contribution in [-0.2, 0) is 21.4 Å². The Morgan fingerprint density at radius 2 is 1.67 bits per heavy atom. The van der Waals surface area contributed by atoms with Crippen molar-refractivity contribution in [2.75, 3.05) is 33.2 Å². The molecular weight excluding hydrogens is 362 g/mol. The Hall–Kier alpha value is -1.44. The van der Waals surface area contributed by atoms with Crippen molar-refractivity contribution in [3.63, 3.8) is 0 Å². The van der Waals surface area contributed by atoms with E-state index in [2.05, 4.69) is 10.2 Å². The summed E-state index contributed by atoms with van der Waals surface area (Å²) in [5.41, 5.74) is 0.921. The fraction of sp³-hybridized carbons (Fsp3) is 0.650. The van der Waals surface area contributed by atoms with Crippen molar-refractivity contribution in [3.05, 3.63) is 29.8 Å². The third-order valence-electron chi connectivity index (χ3n) is 5.71. The lowest BCUT2D eigenvalue weighted by molar-refractivity contribution is -0.122. The average Bonchev–Trinajstić information content (AvgIpc) is 2.68. The van der Waals surface area contributed by atoms with Gasteiger partial charge in [0.25, 0.3) is 0 Å². The van der Waals surface area contributed by atoms with Crippen molar-refractivity contribution >= 4 is 15.9 Å². The Kier molecular flexibility index (Phi) is 6.89. The lowest BCUT2D eigenvalue weighted by Crippen LogP contribution is -2.47. The van der Waals surface area contributed by atoms with E-state index in [9.17, 15) is 13.2 Å². The monoisotopic (exact) mass is 393 g/mol. The summed E-state index contributed by atoms with van der Waals surface area (Å²) in [6.45, 7) is 3.00. The molecular formula is C20H31N3O3S. The van der Waals surface area contributed by atoms with Gasteiger partial charge in [0.15, 0.2) is 0 Å². The molecule has 1 aliphatic heterocycles. The summed E-state index contributed by atoms with van der Waals surface area (Å²) in [7, 11) is -1.43. The predicted molar refractivity (Wildman–Crippen MR) is 106 cm³/mol. The number of piperazine rings is 1. The van der Waals surface area contributed by atoms with Gasteiger partial charge < -0.3 is 10.2 Å². The van der Waals surface area contributed by atoms with E-state index in [1.165, 1.54) is 19.3 Å². The van der Waals surface area contributed by atoms with E-state index in [4.69, 9.17) is 0 Å². The summed E-state index contributed by atoms with van der Waals surface area (Å²) in [5.74, 6) is 0.617. The minimum atomic E-state index is -3.43. The zero-order valence-electron chi connectivity index (χ0n) is 16.2. The standard InChI is InChI=1S/C20H31N3O3S/c1-22-11-13-23(14-12-22)27(25,26)19-9-7-18(8-10-19)16-21-20(24)15-17-5-3-2-4-6-17/h7-10,17H,2-6,11-16H2,1H3,(H,21,24). The lowest BCUT2D eigenvalue weighted by atomic mass is 9.87. The second kappa shape index (κ2) is 9.17. The van der Waals surface area contributed by atoms with Crippen LogP contribution in [0.1, 0.15) is 44.1 Å². The minimum Gasteiger partial charge on any atom is -0.352 e. The summed E-state index contributed by atoms with van der Waals surface area (Å²) in [6, 6.07) is 6.89. The number of nitrogens with one attached hydrogen (secondary N) is 1. The van der Waals surface area contributed by atoms with Gasteiger partial charge in [-0.2, -0.15) is 4.31 Å². The molecule has 2 aliphatic rings. The Balaban J connectivity index is 1.51. The zero-order chi connectivity index (χ0) is 19.3. The van der Waals surface area contributed by atoms with E-state index < -0.39 is 10.0 Å². The predicted octanol–water partition coefficient (Wildman–Crippen LogP) is 2.21. The molecule has 0 aromatic heterocycles. The molecule has 1 aromatic rings. The maximum absolute atomic E-state index is 12.7. The van der Waals surface area contributed by atoms with Gasteiger partial charge in [0.1, 0.15) is 0 Å². The maximum Gasteiger partial charge on any atom is 0.243 e. The highest BCUT2D eigenvalue weighted by molar-refractivity contribution is 7.89. The summed E-state index contributed by atoms with van der Waals surface area (Å²) >= 11 is 0. The van der Waals surface area contributed by atoms with E-state index >= 15 is 0 Å². The van der Waals surface area contributed by atoms with Crippen LogP contribution < -0.4 is 5.32 Å². The van der Waals surface area contributed by atoms with Gasteiger partial charge in [-0.25, -0.2) is 8.42 Å². The summed E-state index contributed by atoms with van der Waals surface area (Å²) < 4.78 is 27.0. The molecule has 1 aliphatic carbocycles. The molecule has 27 heavy (non-hydrogen) atoms. The number of amides is 1. The highest BCUT2D eigenvalue weighted by Gasteiger charge is 2.27. The van der Waals surface area contributed by atoms with Crippen molar-refractivity contribution in [1.82, 2.24) is 14.5 Å². The Morgan fingerprint density at radius 3 is 2.30 bits per heavy atom. The van der Waals surface area contributed by atoms with Crippen molar-refractivity contribution in [1.29, 1.82) is 0 Å². The Labute approximate surface area is 163 Å². The molecule has 3 rings (SSSR count). The van der Waals surface area contributed by atoms with Crippen LogP contribution in [0, 0.1) is 5.92 Å². The fourth-order valence-electron chi connectivity index (χ4n) is 3.88. The SMILES string of the molecule is CN1CCN(S(=O)(=O)c2ccc(CNC(=O)CC3CCCCC3)cc2)CC1. The number of nitrogens with zero attached hydrogens (tertiary/aromatic N) is 2. The molecule has 1 aromatic carbocycles. The van der Waals surface area contributed by atoms with Crippen molar-refractivity contribution in [2.24, 2.45) is 5.92 Å². The number of rotatable bonds is 6. The molecule has 150 valence electrons. The largest absolute Gasteiger partial charge is 0.352 e. The van der Waals surface area contributed by atoms with Gasteiger partial charge in [-0.3, -0.25) is 4.79 Å². The number of hydrogen-bond acceptors (Lipinski definition) is 4. The van der Waals surface area contributed by atoms with E-state index in [0.717, 1.165) is 31.5 Å². The Bertz CT molecular complexity index is 719. The van der Waals surface area contributed by atoms with Gasteiger partial charge in [0.05, 0.1) is 4.90 Å². The third kappa shape index (κ3) is 5.53. The molecule has 0 bridgehead atoms. The normalized spacial score (nSPS) is 20.5. The smallest absolute Gasteiger partial charge is 0.243 e. The summed E-state index contributed by atoms with van der Waals surface area (Å²) in [4.78, 5) is 14.6. The average molecular weight is 394 g/mol. The van der Waals surface area contributed by atoms with E-state index in [1.54, 1.807) is 28.6 Å². The van der Waals surface area contributed by atoms with Gasteiger partial charge in [0, 0.05) is 39.1 Å². The van der Waals surface area contributed by atoms with Crippen molar-refractivity contribution in [2.45, 2.75) is 50.0 Å². The maximum atomic E-state index is 12.7. The van der Waals surface area contributed by atoms with Gasteiger partial charge in [-0.05, 0) is 43.5 Å². The van der Waals surface area contributed by atoms with Crippen LogP contribution in [0.25, 0.3) is 0 Å². The van der Waals surface area contributed by atoms with E-state index in [1.807, 2.05) is 7.05 Å². The molecule has 0 atom stereocenters. The minimum absolute atomic E-state index is 0.0936. The lowest BCUT2D eigenvalue weighted by Gasteiger charge is -2.31. The molecule has 2 fully saturated rings. The molecule has 1 N–H and O–H groups in total. The molecule has 6 nitrogen and oxygen atoms in total. The first-order valence-corrected chi connectivity index (χ1v) is 11.4. The second-order valence-electron chi connectivity index (χ2n) is 7.84. The molecule has 1 saturated carbocycles. The van der Waals surface area contributed by atoms with Gasteiger partial charge in [-0.15, -0.1) is 0 Å². The first-order chi connectivity index (χ1) is 12.9. The first-order valence-electron chi connectivity index (χ1n) is 9.99. The summed E-state index contributed by atoms with van der Waals surface area (Å²) in [6.07, 6.45) is 6.69. The molecule has 0 unspecified atom stereocenters. The van der Waals surface area contributed by atoms with Gasteiger partial charge in [-0.1, -0.05) is 31.4 Å². The molecule has 1 saturated heterocycles. The summed E-state index contributed by atoms with van der Waals surface area (Å²) in [5, 5.41) is 2.97. The zero-order valence-corrected chi connectivity index (χ0v) is 17.0. The number of hydrogen-bond donors (Lipinski definition) is 1. The van der Waals surface area contributed by atoms with Crippen molar-refractivity contribution < 1.29 is 13.2 Å². The molecule has 7 heteroatoms. The quantitative estimate of drug-likeness (QED) is 0.804. The highest BCUT2D eigenvalue weighted by atomic mass is 32.2. The third-order valence-corrected chi connectivity index (χ3v) is 7.62. The number of carbonyl (C=O) groups excluding carboxylic acids is 1. The fourth-order valence-corrected chi connectivity index (χ4v) is 5.31. The number of likely N-dealkylation sites (N-methyl/N-ethyl adjacent to an activating group) is 1. The highest BCUT2D eigenvalue weighted by Crippen LogP contribution is 2.26. The number of benzene rings is 1.